The number of halogens is 1. The Morgan fingerprint density at radius 2 is 1.57 bits per heavy atom. The van der Waals surface area contributed by atoms with Crippen LogP contribution in [-0.4, -0.2) is 77.2 Å². The Hall–Kier alpha value is -3.56. The second-order valence-electron chi connectivity index (χ2n) is 13.8. The SMILES string of the molecule is COCCN1C(=CC=C2CCCC(C=CC3=[N+](CCOC)c4c(OC)cc(CO)cc4C3(C)C)=C2Cl)C(C)(C)c2cc(OC)cc(OC)c21. The van der Waals surface area contributed by atoms with Gasteiger partial charge in [-0.1, -0.05) is 37.6 Å². The minimum Gasteiger partial charge on any atom is -0.497 e. The molecule has 0 amide bonds. The molecule has 0 atom stereocenters. The van der Waals surface area contributed by atoms with E-state index in [1.165, 1.54) is 0 Å². The number of benzene rings is 2. The quantitative estimate of drug-likeness (QED) is 0.216. The highest BCUT2D eigenvalue weighted by Crippen LogP contribution is 2.53. The van der Waals surface area contributed by atoms with Crippen molar-refractivity contribution in [2.75, 3.05) is 66.8 Å². The molecule has 0 saturated carbocycles. The molecule has 9 heteroatoms. The highest BCUT2D eigenvalue weighted by Gasteiger charge is 2.47. The van der Waals surface area contributed by atoms with E-state index in [-0.39, 0.29) is 17.4 Å². The van der Waals surface area contributed by atoms with Crippen molar-refractivity contribution >= 4 is 28.7 Å². The summed E-state index contributed by atoms with van der Waals surface area (Å²) in [5.74, 6) is 2.29. The van der Waals surface area contributed by atoms with E-state index in [1.807, 2.05) is 12.1 Å². The summed E-state index contributed by atoms with van der Waals surface area (Å²) in [6, 6.07) is 8.05. The summed E-state index contributed by atoms with van der Waals surface area (Å²) in [5.41, 5.74) is 9.03. The van der Waals surface area contributed by atoms with Crippen LogP contribution in [0.25, 0.3) is 0 Å². The van der Waals surface area contributed by atoms with Gasteiger partial charge in [0, 0.05) is 54.6 Å². The summed E-state index contributed by atoms with van der Waals surface area (Å²) in [6.45, 7) is 11.3. The monoisotopic (exact) mass is 691 g/mol. The molecule has 2 aromatic carbocycles. The molecule has 3 aliphatic rings. The number of nitrogens with zero attached hydrogens (tertiary/aromatic N) is 2. The van der Waals surface area contributed by atoms with E-state index in [0.29, 0.717) is 26.3 Å². The number of allylic oxidation sites excluding steroid dienone is 8. The summed E-state index contributed by atoms with van der Waals surface area (Å²) in [6.07, 6.45) is 11.6. The smallest absolute Gasteiger partial charge is 0.252 e. The Bertz CT molecular complexity index is 1730. The molecule has 264 valence electrons. The van der Waals surface area contributed by atoms with Gasteiger partial charge in [0.15, 0.2) is 18.0 Å². The van der Waals surface area contributed by atoms with Gasteiger partial charge in [0.05, 0.1) is 45.6 Å². The van der Waals surface area contributed by atoms with E-state index in [0.717, 1.165) is 92.2 Å². The first-order chi connectivity index (χ1) is 23.5. The second-order valence-corrected chi connectivity index (χ2v) is 14.2. The predicted octanol–water partition coefficient (Wildman–Crippen LogP) is 7.71. The molecule has 5 rings (SSSR count). The molecule has 1 aliphatic carbocycles. The first-order valence-electron chi connectivity index (χ1n) is 17.0. The Morgan fingerprint density at radius 1 is 0.837 bits per heavy atom. The Morgan fingerprint density at radius 3 is 2.22 bits per heavy atom. The van der Waals surface area contributed by atoms with Gasteiger partial charge in [0.2, 0.25) is 0 Å². The molecular weight excluding hydrogens is 640 g/mol. The topological polar surface area (TPSA) is 72.6 Å². The zero-order chi connectivity index (χ0) is 35.5. The molecule has 0 bridgehead atoms. The van der Waals surface area contributed by atoms with E-state index < -0.39 is 0 Å². The van der Waals surface area contributed by atoms with E-state index in [4.69, 9.17) is 35.3 Å². The molecule has 2 aliphatic heterocycles. The van der Waals surface area contributed by atoms with Crippen molar-refractivity contribution in [3.8, 4) is 17.2 Å². The molecule has 8 nitrogen and oxygen atoms in total. The van der Waals surface area contributed by atoms with Gasteiger partial charge in [-0.3, -0.25) is 0 Å². The number of hydrogen-bond acceptors (Lipinski definition) is 7. The lowest BCUT2D eigenvalue weighted by Gasteiger charge is -2.27. The molecule has 0 radical (unpaired) electrons. The van der Waals surface area contributed by atoms with Crippen molar-refractivity contribution in [3.63, 3.8) is 0 Å². The maximum Gasteiger partial charge on any atom is 0.252 e. The summed E-state index contributed by atoms with van der Waals surface area (Å²) in [5, 5.41) is 10.8. The third kappa shape index (κ3) is 6.81. The van der Waals surface area contributed by atoms with Crippen LogP contribution in [0.5, 0.6) is 17.2 Å². The molecule has 0 aromatic heterocycles. The van der Waals surface area contributed by atoms with E-state index >= 15 is 0 Å². The average Bonchev–Trinajstić information content (AvgIpc) is 3.45. The van der Waals surface area contributed by atoms with Crippen molar-refractivity contribution in [2.24, 2.45) is 0 Å². The summed E-state index contributed by atoms with van der Waals surface area (Å²) in [7, 11) is 8.50. The van der Waals surface area contributed by atoms with Gasteiger partial charge in [-0.15, -0.1) is 0 Å². The van der Waals surface area contributed by atoms with Crippen molar-refractivity contribution in [1.82, 2.24) is 0 Å². The summed E-state index contributed by atoms with van der Waals surface area (Å²) >= 11 is 7.22. The van der Waals surface area contributed by atoms with Gasteiger partial charge < -0.3 is 33.7 Å². The zero-order valence-electron chi connectivity index (χ0n) is 30.5. The molecule has 0 saturated heterocycles. The van der Waals surface area contributed by atoms with Gasteiger partial charge >= 0.3 is 0 Å². The molecule has 0 spiro atoms. The van der Waals surface area contributed by atoms with Crippen molar-refractivity contribution in [3.05, 3.63) is 87.1 Å². The Kier molecular flexibility index (Phi) is 11.3. The fraction of sp³-hybridized carbons (Fsp3) is 0.475. The lowest BCUT2D eigenvalue weighted by Crippen LogP contribution is -2.29. The van der Waals surface area contributed by atoms with E-state index in [2.05, 4.69) is 73.6 Å². The van der Waals surface area contributed by atoms with Crippen LogP contribution in [-0.2, 0) is 26.9 Å². The molecule has 49 heavy (non-hydrogen) atoms. The summed E-state index contributed by atoms with van der Waals surface area (Å²) < 4.78 is 30.6. The van der Waals surface area contributed by atoms with Gasteiger partial charge in [-0.2, -0.15) is 4.58 Å². The minimum atomic E-state index is -0.332. The fourth-order valence-electron chi connectivity index (χ4n) is 7.46. The number of ether oxygens (including phenoxy) is 5. The van der Waals surface area contributed by atoms with Crippen LogP contribution in [0.15, 0.2) is 70.4 Å². The van der Waals surface area contributed by atoms with Crippen LogP contribution in [0.2, 0.25) is 0 Å². The molecule has 2 aromatic rings. The fourth-order valence-corrected chi connectivity index (χ4v) is 7.78. The molecule has 2 heterocycles. The third-order valence-electron chi connectivity index (χ3n) is 10.2. The summed E-state index contributed by atoms with van der Waals surface area (Å²) in [4.78, 5) is 2.30. The highest BCUT2D eigenvalue weighted by atomic mass is 35.5. The number of aliphatic hydroxyl groups is 1. The predicted molar refractivity (Wildman–Crippen MR) is 197 cm³/mol. The third-order valence-corrected chi connectivity index (χ3v) is 10.7. The van der Waals surface area contributed by atoms with Crippen molar-refractivity contribution in [2.45, 2.75) is 64.4 Å². The van der Waals surface area contributed by atoms with Gasteiger partial charge in [-0.05, 0) is 79.7 Å². The first kappa shape index (κ1) is 36.7. The van der Waals surface area contributed by atoms with Crippen LogP contribution in [0, 0.1) is 0 Å². The normalized spacial score (nSPS) is 19.8. The minimum absolute atomic E-state index is 0.0497. The van der Waals surface area contributed by atoms with E-state index in [9.17, 15) is 5.11 Å². The van der Waals surface area contributed by atoms with E-state index in [1.54, 1.807) is 35.5 Å². The van der Waals surface area contributed by atoms with Gasteiger partial charge in [0.1, 0.15) is 18.1 Å². The van der Waals surface area contributed by atoms with Crippen LogP contribution in [0.4, 0.5) is 11.4 Å². The Labute approximate surface area is 296 Å². The van der Waals surface area contributed by atoms with Crippen molar-refractivity contribution in [1.29, 1.82) is 0 Å². The van der Waals surface area contributed by atoms with Crippen molar-refractivity contribution < 1.29 is 33.4 Å². The molecule has 0 unspecified atom stereocenters. The number of anilines is 1. The first-order valence-corrected chi connectivity index (χ1v) is 17.3. The largest absolute Gasteiger partial charge is 0.497 e. The standard InChI is InChI=1S/C40H52ClN2O6/c1-39(2)30-21-26(25-44)22-32(48-8)37(30)42(17-19-45-5)34(39)15-13-27-11-10-12-28(36(27)41)14-16-35-40(3,4)31-23-29(47-7)24-33(49-9)38(31)43(35)18-20-46-6/h13-16,21-24,44H,10-12,17-20,25H2,1-9H3/q+1. The van der Waals surface area contributed by atoms with Crippen LogP contribution >= 0.6 is 11.6 Å². The number of methoxy groups -OCH3 is 5. The number of fused-ring (bicyclic) bond motifs is 2. The van der Waals surface area contributed by atoms with Crippen LogP contribution in [0.1, 0.15) is 63.6 Å². The lowest BCUT2D eigenvalue weighted by molar-refractivity contribution is -0.442. The molecule has 1 N–H and O–H groups in total. The second kappa shape index (κ2) is 15.1. The number of rotatable bonds is 13. The van der Waals surface area contributed by atoms with Gasteiger partial charge in [0.25, 0.3) is 5.69 Å². The molecular formula is C40H52ClN2O6+. The number of hydrogen-bond donors (Lipinski definition) is 1. The lowest BCUT2D eigenvalue weighted by atomic mass is 9.80. The van der Waals surface area contributed by atoms with Gasteiger partial charge in [-0.25, -0.2) is 0 Å². The Balaban J connectivity index is 1.55. The highest BCUT2D eigenvalue weighted by molar-refractivity contribution is 6.32. The number of aliphatic hydroxyl groups excluding tert-OH is 1. The maximum atomic E-state index is 9.99. The zero-order valence-corrected chi connectivity index (χ0v) is 31.3. The average molecular weight is 692 g/mol. The maximum absolute atomic E-state index is 9.99. The molecule has 0 fully saturated rings. The van der Waals surface area contributed by atoms with Crippen LogP contribution in [0.3, 0.4) is 0 Å². The van der Waals surface area contributed by atoms with Crippen LogP contribution < -0.4 is 19.1 Å².